The van der Waals surface area contributed by atoms with Gasteiger partial charge in [0.2, 0.25) is 5.91 Å². The highest BCUT2D eigenvalue weighted by Crippen LogP contribution is 2.13. The summed E-state index contributed by atoms with van der Waals surface area (Å²) >= 11 is 0. The number of anilines is 1. The maximum Gasteiger partial charge on any atom is 0.239 e. The molecule has 0 bridgehead atoms. The third-order valence-electron chi connectivity index (χ3n) is 2.37. The van der Waals surface area contributed by atoms with Crippen LogP contribution in [0.4, 0.5) is 5.69 Å². The first-order valence-electron chi connectivity index (χ1n) is 5.68. The lowest BCUT2D eigenvalue weighted by Crippen LogP contribution is -2.30. The van der Waals surface area contributed by atoms with E-state index in [-0.39, 0.29) is 12.5 Å². The van der Waals surface area contributed by atoms with E-state index in [1.54, 1.807) is 12.1 Å². The number of nitriles is 1. The van der Waals surface area contributed by atoms with Gasteiger partial charge in [-0.3, -0.25) is 4.79 Å². The van der Waals surface area contributed by atoms with Crippen LogP contribution in [0.1, 0.15) is 24.5 Å². The van der Waals surface area contributed by atoms with Crippen LogP contribution in [0.25, 0.3) is 0 Å². The summed E-state index contributed by atoms with van der Waals surface area (Å²) in [7, 11) is 0. The lowest BCUT2D eigenvalue weighted by atomic mass is 10.1. The Labute approximate surface area is 102 Å². The molecule has 0 aliphatic carbocycles. The monoisotopic (exact) mass is 231 g/mol. The van der Waals surface area contributed by atoms with Crippen LogP contribution >= 0.6 is 0 Å². The zero-order chi connectivity index (χ0) is 12.7. The minimum Gasteiger partial charge on any atom is -0.376 e. The van der Waals surface area contributed by atoms with Crippen molar-refractivity contribution < 1.29 is 4.79 Å². The highest BCUT2D eigenvalue weighted by atomic mass is 16.1. The van der Waals surface area contributed by atoms with Crippen LogP contribution in [-0.2, 0) is 4.79 Å². The number of aryl methyl sites for hydroxylation is 1. The standard InChI is InChI=1S/C13H17N3O/c1-3-6-15-13(17)9-16-12-5-4-11(8-14)10(2)7-12/h4-5,7,16H,3,6,9H2,1-2H3,(H,15,17). The van der Waals surface area contributed by atoms with Gasteiger partial charge >= 0.3 is 0 Å². The van der Waals surface area contributed by atoms with Crippen molar-refractivity contribution in [1.82, 2.24) is 5.32 Å². The van der Waals surface area contributed by atoms with Gasteiger partial charge in [0.05, 0.1) is 18.2 Å². The van der Waals surface area contributed by atoms with Crippen LogP contribution in [-0.4, -0.2) is 19.0 Å². The number of amides is 1. The van der Waals surface area contributed by atoms with Crippen molar-refractivity contribution in [3.8, 4) is 6.07 Å². The van der Waals surface area contributed by atoms with Gasteiger partial charge in [-0.25, -0.2) is 0 Å². The van der Waals surface area contributed by atoms with Gasteiger partial charge in [0.25, 0.3) is 0 Å². The van der Waals surface area contributed by atoms with Crippen LogP contribution in [0.15, 0.2) is 18.2 Å². The molecule has 17 heavy (non-hydrogen) atoms. The van der Waals surface area contributed by atoms with Crippen molar-refractivity contribution in [2.24, 2.45) is 0 Å². The number of carbonyl (C=O) groups is 1. The Morgan fingerprint density at radius 2 is 2.24 bits per heavy atom. The average Bonchev–Trinajstić information content (AvgIpc) is 2.34. The predicted octanol–water partition coefficient (Wildman–Crippen LogP) is 1.80. The number of rotatable bonds is 5. The molecule has 1 amide bonds. The Kier molecular flexibility index (Phi) is 5.02. The van der Waals surface area contributed by atoms with Gasteiger partial charge in [0.1, 0.15) is 0 Å². The first kappa shape index (κ1) is 13.0. The summed E-state index contributed by atoms with van der Waals surface area (Å²) in [5.74, 6) is -0.0196. The fraction of sp³-hybridized carbons (Fsp3) is 0.385. The molecule has 4 nitrogen and oxygen atoms in total. The molecule has 1 rings (SSSR count). The summed E-state index contributed by atoms with van der Waals surface area (Å²) in [4.78, 5) is 11.4. The number of nitrogens with one attached hydrogen (secondary N) is 2. The van der Waals surface area contributed by atoms with E-state index in [1.807, 2.05) is 19.9 Å². The molecule has 0 spiro atoms. The lowest BCUT2D eigenvalue weighted by molar-refractivity contribution is -0.119. The van der Waals surface area contributed by atoms with Crippen molar-refractivity contribution in [2.75, 3.05) is 18.4 Å². The maximum atomic E-state index is 11.4. The normalized spacial score (nSPS) is 9.47. The van der Waals surface area contributed by atoms with E-state index in [4.69, 9.17) is 5.26 Å². The third-order valence-corrected chi connectivity index (χ3v) is 2.37. The van der Waals surface area contributed by atoms with E-state index in [0.29, 0.717) is 12.1 Å². The van der Waals surface area contributed by atoms with Crippen molar-refractivity contribution >= 4 is 11.6 Å². The van der Waals surface area contributed by atoms with Gasteiger partial charge < -0.3 is 10.6 Å². The highest BCUT2D eigenvalue weighted by molar-refractivity contribution is 5.80. The highest BCUT2D eigenvalue weighted by Gasteiger charge is 2.01. The molecule has 0 aliphatic heterocycles. The van der Waals surface area contributed by atoms with E-state index >= 15 is 0 Å². The van der Waals surface area contributed by atoms with Gasteiger partial charge in [-0.15, -0.1) is 0 Å². The molecule has 0 unspecified atom stereocenters. The molecule has 90 valence electrons. The summed E-state index contributed by atoms with van der Waals surface area (Å²) in [6.45, 7) is 4.84. The second-order valence-corrected chi connectivity index (χ2v) is 3.85. The quantitative estimate of drug-likeness (QED) is 0.812. The zero-order valence-corrected chi connectivity index (χ0v) is 10.2. The van der Waals surface area contributed by atoms with E-state index in [2.05, 4.69) is 16.7 Å². The van der Waals surface area contributed by atoms with Crippen LogP contribution in [0, 0.1) is 18.3 Å². The molecule has 0 aromatic heterocycles. The lowest BCUT2D eigenvalue weighted by Gasteiger charge is -2.08. The number of hydrogen-bond acceptors (Lipinski definition) is 3. The third kappa shape index (κ3) is 4.15. The van der Waals surface area contributed by atoms with Gasteiger partial charge in [0, 0.05) is 12.2 Å². The van der Waals surface area contributed by atoms with E-state index in [9.17, 15) is 4.79 Å². The molecule has 0 atom stereocenters. The molecule has 4 heteroatoms. The summed E-state index contributed by atoms with van der Waals surface area (Å²) in [5.41, 5.74) is 2.42. The van der Waals surface area contributed by atoms with Crippen molar-refractivity contribution in [2.45, 2.75) is 20.3 Å². The fourth-order valence-electron chi connectivity index (χ4n) is 1.41. The van der Waals surface area contributed by atoms with Gasteiger partial charge in [-0.05, 0) is 37.1 Å². The Hall–Kier alpha value is -2.02. The number of hydrogen-bond donors (Lipinski definition) is 2. The fourth-order valence-corrected chi connectivity index (χ4v) is 1.41. The molecular weight excluding hydrogens is 214 g/mol. The van der Waals surface area contributed by atoms with E-state index < -0.39 is 0 Å². The number of carbonyl (C=O) groups excluding carboxylic acids is 1. The van der Waals surface area contributed by atoms with Crippen LogP contribution in [0.2, 0.25) is 0 Å². The van der Waals surface area contributed by atoms with Crippen molar-refractivity contribution in [3.63, 3.8) is 0 Å². The molecule has 0 saturated heterocycles. The minimum atomic E-state index is -0.0196. The second kappa shape index (κ2) is 6.54. The van der Waals surface area contributed by atoms with Crippen LogP contribution in [0.3, 0.4) is 0 Å². The maximum absolute atomic E-state index is 11.4. The van der Waals surface area contributed by atoms with Crippen molar-refractivity contribution in [3.05, 3.63) is 29.3 Å². The van der Waals surface area contributed by atoms with Gasteiger partial charge in [0.15, 0.2) is 0 Å². The second-order valence-electron chi connectivity index (χ2n) is 3.85. The summed E-state index contributed by atoms with van der Waals surface area (Å²) in [6.07, 6.45) is 0.932. The molecule has 0 aliphatic rings. The topological polar surface area (TPSA) is 64.9 Å². The smallest absolute Gasteiger partial charge is 0.239 e. The van der Waals surface area contributed by atoms with Crippen LogP contribution in [0.5, 0.6) is 0 Å². The van der Waals surface area contributed by atoms with Gasteiger partial charge in [-0.2, -0.15) is 5.26 Å². The predicted molar refractivity (Wildman–Crippen MR) is 67.7 cm³/mol. The SMILES string of the molecule is CCCNC(=O)CNc1ccc(C#N)c(C)c1. The molecule has 2 N–H and O–H groups in total. The molecule has 0 heterocycles. The Bertz CT molecular complexity index is 435. The summed E-state index contributed by atoms with van der Waals surface area (Å²) in [6, 6.07) is 7.53. The molecule has 0 radical (unpaired) electrons. The summed E-state index contributed by atoms with van der Waals surface area (Å²) < 4.78 is 0. The summed E-state index contributed by atoms with van der Waals surface area (Å²) in [5, 5.41) is 14.6. The molecule has 1 aromatic rings. The largest absolute Gasteiger partial charge is 0.376 e. The molecule has 0 fully saturated rings. The first-order chi connectivity index (χ1) is 8.17. The molecule has 0 saturated carbocycles. The van der Waals surface area contributed by atoms with Crippen molar-refractivity contribution in [1.29, 1.82) is 5.26 Å². The van der Waals surface area contributed by atoms with E-state index in [1.165, 1.54) is 0 Å². The average molecular weight is 231 g/mol. The Balaban J connectivity index is 2.50. The number of benzene rings is 1. The minimum absolute atomic E-state index is 0.0196. The molecular formula is C13H17N3O. The van der Waals surface area contributed by atoms with Gasteiger partial charge in [-0.1, -0.05) is 6.92 Å². The Morgan fingerprint density at radius 1 is 1.47 bits per heavy atom. The zero-order valence-electron chi connectivity index (χ0n) is 10.2. The molecule has 1 aromatic carbocycles. The van der Waals surface area contributed by atoms with E-state index in [0.717, 1.165) is 17.7 Å². The Morgan fingerprint density at radius 3 is 2.82 bits per heavy atom. The van der Waals surface area contributed by atoms with Crippen LogP contribution < -0.4 is 10.6 Å². The first-order valence-corrected chi connectivity index (χ1v) is 5.68. The number of nitrogens with zero attached hydrogens (tertiary/aromatic N) is 1.